The fourth-order valence-electron chi connectivity index (χ4n) is 1.19. The third-order valence-electron chi connectivity index (χ3n) is 1.67. The van der Waals surface area contributed by atoms with Crippen LogP contribution in [0.4, 0.5) is 0 Å². The third-order valence-corrected chi connectivity index (χ3v) is 1.67. The van der Waals surface area contributed by atoms with Crippen molar-refractivity contribution >= 4 is 5.57 Å². The second-order valence-corrected chi connectivity index (χ2v) is 3.05. The van der Waals surface area contributed by atoms with Gasteiger partial charge in [0.15, 0.2) is 0 Å². The summed E-state index contributed by atoms with van der Waals surface area (Å²) in [6.07, 6.45) is 3.74. The van der Waals surface area contributed by atoms with E-state index in [2.05, 4.69) is 16.5 Å². The van der Waals surface area contributed by atoms with Crippen molar-refractivity contribution in [3.05, 3.63) is 35.9 Å². The van der Waals surface area contributed by atoms with E-state index in [-0.39, 0.29) is 0 Å². The van der Waals surface area contributed by atoms with Crippen molar-refractivity contribution in [2.45, 2.75) is 20.8 Å². The van der Waals surface area contributed by atoms with Gasteiger partial charge in [0.1, 0.15) is 0 Å². The van der Waals surface area contributed by atoms with Gasteiger partial charge in [-0.3, -0.25) is 0 Å². The van der Waals surface area contributed by atoms with Gasteiger partial charge in [-0.25, -0.2) is 4.98 Å². The van der Waals surface area contributed by atoms with E-state index in [4.69, 9.17) is 0 Å². The van der Waals surface area contributed by atoms with E-state index in [1.165, 1.54) is 0 Å². The molecular weight excluding hydrogens is 148 g/mol. The Hall–Kier alpha value is -1.31. The van der Waals surface area contributed by atoms with Crippen LogP contribution in [0.3, 0.4) is 0 Å². The van der Waals surface area contributed by atoms with Gasteiger partial charge in [-0.15, -0.1) is 0 Å². The predicted molar refractivity (Wildman–Crippen MR) is 51.8 cm³/mol. The highest BCUT2D eigenvalue weighted by Crippen LogP contribution is 2.15. The number of rotatable bonds is 2. The number of aromatic nitrogens is 2. The molecule has 1 N–H and O–H groups in total. The van der Waals surface area contributed by atoms with E-state index in [0.29, 0.717) is 0 Å². The highest BCUT2D eigenvalue weighted by Gasteiger charge is 2.01. The third kappa shape index (κ3) is 1.84. The van der Waals surface area contributed by atoms with Gasteiger partial charge < -0.3 is 4.98 Å². The van der Waals surface area contributed by atoms with Gasteiger partial charge >= 0.3 is 0 Å². The smallest absolute Gasteiger partial charge is 0.0929 e. The largest absolute Gasteiger partial charge is 0.348 e. The number of aromatic amines is 1. The maximum absolute atomic E-state index is 4.20. The summed E-state index contributed by atoms with van der Waals surface area (Å²) in [5.74, 6) is 0. The normalized spacial score (nSPS) is 11.8. The average Bonchev–Trinajstić information content (AvgIpc) is 2.33. The average molecular weight is 162 g/mol. The number of nitrogens with zero attached hydrogens (tertiary/aromatic N) is 1. The van der Waals surface area contributed by atoms with Gasteiger partial charge in [0.05, 0.1) is 12.0 Å². The summed E-state index contributed by atoms with van der Waals surface area (Å²) in [6, 6.07) is 0. The molecular formula is C10H14N2. The Morgan fingerprint density at radius 3 is 2.67 bits per heavy atom. The summed E-state index contributed by atoms with van der Waals surface area (Å²) >= 11 is 0. The molecule has 0 spiro atoms. The maximum Gasteiger partial charge on any atom is 0.0929 e. The van der Waals surface area contributed by atoms with Gasteiger partial charge in [0, 0.05) is 5.69 Å². The summed E-state index contributed by atoms with van der Waals surface area (Å²) < 4.78 is 0. The minimum absolute atomic E-state index is 1.03. The summed E-state index contributed by atoms with van der Waals surface area (Å²) in [5.41, 5.74) is 4.33. The topological polar surface area (TPSA) is 28.7 Å². The Bertz CT molecular complexity index is 318. The van der Waals surface area contributed by atoms with E-state index in [1.807, 2.05) is 26.8 Å². The highest BCUT2D eigenvalue weighted by atomic mass is 14.9. The quantitative estimate of drug-likeness (QED) is 0.665. The molecule has 0 aliphatic heterocycles. The monoisotopic (exact) mass is 162 g/mol. The Kier molecular flexibility index (Phi) is 2.48. The van der Waals surface area contributed by atoms with Gasteiger partial charge in [0.25, 0.3) is 0 Å². The summed E-state index contributed by atoms with van der Waals surface area (Å²) in [4.78, 5) is 7.24. The van der Waals surface area contributed by atoms with Crippen molar-refractivity contribution in [2.24, 2.45) is 0 Å². The van der Waals surface area contributed by atoms with E-state index in [0.717, 1.165) is 22.5 Å². The molecule has 2 heteroatoms. The van der Waals surface area contributed by atoms with Gasteiger partial charge in [-0.1, -0.05) is 18.2 Å². The van der Waals surface area contributed by atoms with Crippen LogP contribution in [0.5, 0.6) is 0 Å². The lowest BCUT2D eigenvalue weighted by Crippen LogP contribution is -1.83. The second-order valence-electron chi connectivity index (χ2n) is 3.05. The fourth-order valence-corrected chi connectivity index (χ4v) is 1.19. The molecule has 0 atom stereocenters. The summed E-state index contributed by atoms with van der Waals surface area (Å²) in [6.45, 7) is 9.85. The van der Waals surface area contributed by atoms with Crippen molar-refractivity contribution in [2.75, 3.05) is 0 Å². The van der Waals surface area contributed by atoms with Crippen molar-refractivity contribution in [1.82, 2.24) is 9.97 Å². The molecule has 64 valence electrons. The van der Waals surface area contributed by atoms with E-state index in [9.17, 15) is 0 Å². The molecule has 1 heterocycles. The Morgan fingerprint density at radius 2 is 2.25 bits per heavy atom. The van der Waals surface area contributed by atoms with Crippen LogP contribution in [-0.2, 0) is 0 Å². The predicted octanol–water partition coefficient (Wildman–Crippen LogP) is 2.70. The Labute approximate surface area is 73.0 Å². The van der Waals surface area contributed by atoms with Gasteiger partial charge in [0.2, 0.25) is 0 Å². The first-order chi connectivity index (χ1) is 5.61. The molecule has 0 fully saturated rings. The van der Waals surface area contributed by atoms with Crippen LogP contribution in [-0.4, -0.2) is 9.97 Å². The number of hydrogen-bond acceptors (Lipinski definition) is 1. The Morgan fingerprint density at radius 1 is 1.58 bits per heavy atom. The Balaban J connectivity index is 2.99. The molecule has 0 unspecified atom stereocenters. The van der Waals surface area contributed by atoms with E-state index in [1.54, 1.807) is 6.33 Å². The van der Waals surface area contributed by atoms with E-state index < -0.39 is 0 Å². The molecule has 1 aromatic heterocycles. The van der Waals surface area contributed by atoms with Crippen LogP contribution in [0.15, 0.2) is 24.6 Å². The van der Waals surface area contributed by atoms with Crippen LogP contribution in [0, 0.1) is 6.92 Å². The van der Waals surface area contributed by atoms with Crippen LogP contribution >= 0.6 is 0 Å². The molecule has 0 aromatic carbocycles. The molecule has 0 bridgehead atoms. The maximum atomic E-state index is 4.20. The zero-order valence-corrected chi connectivity index (χ0v) is 7.81. The number of nitrogens with one attached hydrogen (secondary N) is 1. The molecule has 0 aliphatic rings. The summed E-state index contributed by atoms with van der Waals surface area (Å²) in [7, 11) is 0. The van der Waals surface area contributed by atoms with Crippen molar-refractivity contribution < 1.29 is 0 Å². The number of hydrogen-bond donors (Lipinski definition) is 1. The highest BCUT2D eigenvalue weighted by molar-refractivity contribution is 5.64. The zero-order valence-electron chi connectivity index (χ0n) is 7.81. The van der Waals surface area contributed by atoms with Gasteiger partial charge in [-0.05, 0) is 26.3 Å². The molecule has 0 aliphatic carbocycles. The molecule has 2 nitrogen and oxygen atoms in total. The number of imidazole rings is 1. The number of allylic oxidation sites excluding steroid dienone is 3. The SMILES string of the molecule is C=C(C)/C=C(/C)c1nc[nH]c1C. The first-order valence-electron chi connectivity index (χ1n) is 3.95. The van der Waals surface area contributed by atoms with Gasteiger partial charge in [-0.2, -0.15) is 0 Å². The van der Waals surface area contributed by atoms with Crippen LogP contribution in [0.1, 0.15) is 25.2 Å². The minimum Gasteiger partial charge on any atom is -0.348 e. The number of aryl methyl sites for hydroxylation is 1. The first kappa shape index (κ1) is 8.78. The van der Waals surface area contributed by atoms with E-state index >= 15 is 0 Å². The van der Waals surface area contributed by atoms with Crippen LogP contribution in [0.25, 0.3) is 5.57 Å². The lowest BCUT2D eigenvalue weighted by Gasteiger charge is -1.97. The van der Waals surface area contributed by atoms with Crippen molar-refractivity contribution in [1.29, 1.82) is 0 Å². The minimum atomic E-state index is 1.03. The lowest BCUT2D eigenvalue weighted by atomic mass is 10.1. The number of H-pyrrole nitrogens is 1. The zero-order chi connectivity index (χ0) is 9.14. The standard InChI is InChI=1S/C10H14N2/c1-7(2)5-8(3)10-9(4)11-6-12-10/h5-6H,1H2,2-4H3,(H,11,12)/b8-5-. The molecule has 1 aromatic rings. The van der Waals surface area contributed by atoms with Crippen LogP contribution < -0.4 is 0 Å². The fraction of sp³-hybridized carbons (Fsp3) is 0.300. The molecule has 0 amide bonds. The lowest BCUT2D eigenvalue weighted by molar-refractivity contribution is 1.25. The summed E-state index contributed by atoms with van der Waals surface area (Å²) in [5, 5.41) is 0. The molecule has 0 saturated carbocycles. The molecule has 0 saturated heterocycles. The van der Waals surface area contributed by atoms with Crippen molar-refractivity contribution in [3.8, 4) is 0 Å². The van der Waals surface area contributed by atoms with Crippen molar-refractivity contribution in [3.63, 3.8) is 0 Å². The second kappa shape index (κ2) is 3.39. The first-order valence-corrected chi connectivity index (χ1v) is 3.95. The molecule has 12 heavy (non-hydrogen) atoms. The molecule has 0 radical (unpaired) electrons. The molecule has 1 rings (SSSR count). The van der Waals surface area contributed by atoms with Crippen LogP contribution in [0.2, 0.25) is 0 Å².